The fraction of sp³-hybridized carbons (Fsp3) is 0.188. The van der Waals surface area contributed by atoms with Gasteiger partial charge in [-0.25, -0.2) is 13.6 Å². The number of para-hydroxylation sites is 1. The van der Waals surface area contributed by atoms with Crippen LogP contribution in [0.3, 0.4) is 0 Å². The molecule has 0 spiro atoms. The van der Waals surface area contributed by atoms with Gasteiger partial charge in [0, 0.05) is 5.56 Å². The Labute approximate surface area is 155 Å². The zero-order valence-electron chi connectivity index (χ0n) is 13.7. The molecule has 1 amide bonds. The van der Waals surface area contributed by atoms with E-state index in [-0.39, 0.29) is 16.6 Å². The number of sulfonamides is 1. The van der Waals surface area contributed by atoms with Crippen molar-refractivity contribution >= 4 is 33.2 Å². The molecule has 136 valence electrons. The van der Waals surface area contributed by atoms with Crippen LogP contribution in [0.15, 0.2) is 52.6 Å². The Balaban J connectivity index is 2.02. The lowest BCUT2D eigenvalue weighted by molar-refractivity contribution is 0.0724. The molecule has 26 heavy (non-hydrogen) atoms. The van der Waals surface area contributed by atoms with Crippen LogP contribution in [0.2, 0.25) is 5.02 Å². The van der Waals surface area contributed by atoms with E-state index in [1.807, 2.05) is 19.1 Å². The Kier molecular flexibility index (Phi) is 4.70. The van der Waals surface area contributed by atoms with E-state index in [0.29, 0.717) is 17.2 Å². The van der Waals surface area contributed by atoms with Gasteiger partial charge in [0.05, 0.1) is 22.0 Å². The monoisotopic (exact) mass is 394 g/mol. The number of carbonyl (C=O) groups is 1. The minimum absolute atomic E-state index is 0.0744. The number of nitroso groups, excluding NO2 is 1. The maximum atomic E-state index is 12.8. The second-order valence-corrected chi connectivity index (χ2v) is 7.83. The zero-order chi connectivity index (χ0) is 19.1. The minimum atomic E-state index is -4.13. The summed E-state index contributed by atoms with van der Waals surface area (Å²) in [7, 11) is -4.13. The highest BCUT2D eigenvalue weighted by Gasteiger charge is 2.35. The maximum absolute atomic E-state index is 12.8. The highest BCUT2D eigenvalue weighted by Crippen LogP contribution is 2.34. The number of carbonyl (C=O) groups excluding carboxylic acids is 1. The van der Waals surface area contributed by atoms with E-state index >= 15 is 0 Å². The van der Waals surface area contributed by atoms with E-state index in [4.69, 9.17) is 16.7 Å². The second-order valence-electron chi connectivity index (χ2n) is 5.89. The summed E-state index contributed by atoms with van der Waals surface area (Å²) in [6, 6.07) is 10.7. The summed E-state index contributed by atoms with van der Waals surface area (Å²) in [5.74, 6) is -0.787. The van der Waals surface area contributed by atoms with Gasteiger partial charge in [0.15, 0.2) is 0 Å². The van der Waals surface area contributed by atoms with Crippen molar-refractivity contribution < 1.29 is 13.2 Å². The Hall–Kier alpha value is -2.49. The van der Waals surface area contributed by atoms with Crippen LogP contribution >= 0.6 is 11.6 Å². The molecule has 2 aromatic rings. The summed E-state index contributed by atoms with van der Waals surface area (Å²) in [5.41, 5.74) is 1.59. The Morgan fingerprint density at radius 2 is 2.00 bits per heavy atom. The van der Waals surface area contributed by atoms with Crippen molar-refractivity contribution in [2.75, 3.05) is 5.01 Å². The molecule has 1 atom stereocenters. The number of fused-ring (bicyclic) bond motifs is 1. The summed E-state index contributed by atoms with van der Waals surface area (Å²) in [5, 5.41) is 10.0. The van der Waals surface area contributed by atoms with Gasteiger partial charge in [0.2, 0.25) is 10.0 Å². The average Bonchev–Trinajstić information content (AvgIpc) is 2.91. The summed E-state index contributed by atoms with van der Waals surface area (Å²) in [6.07, 6.45) is 0.637. The molecule has 0 saturated heterocycles. The quantitative estimate of drug-likeness (QED) is 0.632. The standard InChI is InChI=1S/C16H15ClN4O4S/c1-10-8-11-4-2-3-5-14(11)20(10)21(19-23)16(22)12-6-7-13(17)15(9-12)26(18,24)25/h2-7,9-10H,8H2,1H3,(H2,18,24,25)/t10-/m1/s1. The first kappa shape index (κ1) is 18.3. The van der Waals surface area contributed by atoms with E-state index in [1.54, 1.807) is 12.1 Å². The highest BCUT2D eigenvalue weighted by atomic mass is 35.5. The van der Waals surface area contributed by atoms with Gasteiger partial charge in [0.25, 0.3) is 5.91 Å². The van der Waals surface area contributed by atoms with E-state index in [9.17, 15) is 18.1 Å². The van der Waals surface area contributed by atoms with Crippen molar-refractivity contribution in [3.63, 3.8) is 0 Å². The Morgan fingerprint density at radius 3 is 2.65 bits per heavy atom. The number of primary sulfonamides is 1. The van der Waals surface area contributed by atoms with Crippen LogP contribution in [-0.4, -0.2) is 25.5 Å². The predicted octanol–water partition coefficient (Wildman–Crippen LogP) is 2.48. The maximum Gasteiger partial charge on any atom is 0.296 e. The van der Waals surface area contributed by atoms with Crippen LogP contribution in [0.4, 0.5) is 5.69 Å². The van der Waals surface area contributed by atoms with Crippen LogP contribution in [0, 0.1) is 4.91 Å². The first-order chi connectivity index (χ1) is 12.2. The summed E-state index contributed by atoms with van der Waals surface area (Å²) in [4.78, 5) is 23.9. The zero-order valence-corrected chi connectivity index (χ0v) is 15.2. The molecule has 8 nitrogen and oxygen atoms in total. The molecule has 2 N–H and O–H groups in total. The van der Waals surface area contributed by atoms with Gasteiger partial charge in [-0.3, -0.25) is 9.80 Å². The van der Waals surface area contributed by atoms with Gasteiger partial charge in [-0.15, -0.1) is 4.91 Å². The van der Waals surface area contributed by atoms with Gasteiger partial charge >= 0.3 is 0 Å². The number of hydrogen-bond acceptors (Lipinski definition) is 6. The van der Waals surface area contributed by atoms with Crippen molar-refractivity contribution in [1.82, 2.24) is 5.12 Å². The predicted molar refractivity (Wildman–Crippen MR) is 96.9 cm³/mol. The molecule has 2 aromatic carbocycles. The van der Waals surface area contributed by atoms with E-state index < -0.39 is 20.8 Å². The highest BCUT2D eigenvalue weighted by molar-refractivity contribution is 7.89. The molecule has 0 saturated carbocycles. The number of nitrogens with zero attached hydrogens (tertiary/aromatic N) is 3. The molecule has 1 heterocycles. The summed E-state index contributed by atoms with van der Waals surface area (Å²) in [6.45, 7) is 1.85. The Morgan fingerprint density at radius 1 is 1.31 bits per heavy atom. The molecule has 0 bridgehead atoms. The molecular formula is C16H15ClN4O4S. The van der Waals surface area contributed by atoms with Crippen molar-refractivity contribution in [3.05, 3.63) is 63.5 Å². The normalized spacial score (nSPS) is 16.3. The molecule has 1 aliphatic rings. The number of amides is 1. The van der Waals surface area contributed by atoms with Crippen molar-refractivity contribution in [1.29, 1.82) is 0 Å². The molecule has 3 rings (SSSR count). The number of halogens is 1. The second kappa shape index (κ2) is 6.67. The molecule has 0 unspecified atom stereocenters. The minimum Gasteiger partial charge on any atom is -0.265 e. The van der Waals surface area contributed by atoms with E-state index in [1.165, 1.54) is 17.1 Å². The smallest absolute Gasteiger partial charge is 0.265 e. The topological polar surface area (TPSA) is 113 Å². The van der Waals surface area contributed by atoms with Crippen LogP contribution in [-0.2, 0) is 16.4 Å². The molecule has 10 heteroatoms. The number of nitrogens with two attached hydrogens (primary N) is 1. The van der Waals surface area contributed by atoms with Crippen molar-refractivity contribution in [3.8, 4) is 0 Å². The lowest BCUT2D eigenvalue weighted by Crippen LogP contribution is -2.46. The van der Waals surface area contributed by atoms with Gasteiger partial charge in [0.1, 0.15) is 4.90 Å². The first-order valence-corrected chi connectivity index (χ1v) is 9.53. The van der Waals surface area contributed by atoms with Gasteiger partial charge in [-0.2, -0.15) is 0 Å². The molecule has 0 fully saturated rings. The lowest BCUT2D eigenvalue weighted by Gasteiger charge is -2.30. The van der Waals surface area contributed by atoms with E-state index in [0.717, 1.165) is 11.6 Å². The number of hydrazine groups is 1. The van der Waals surface area contributed by atoms with Crippen LogP contribution < -0.4 is 10.1 Å². The summed E-state index contributed by atoms with van der Waals surface area (Å²) < 4.78 is 23.2. The van der Waals surface area contributed by atoms with E-state index in [2.05, 4.69) is 5.29 Å². The SMILES string of the molecule is C[C@@H]1Cc2ccccc2N1N(N=O)C(=O)c1ccc(Cl)c(S(N)(=O)=O)c1. The molecule has 0 radical (unpaired) electrons. The number of benzene rings is 2. The number of rotatable bonds is 4. The fourth-order valence-corrected chi connectivity index (χ4v) is 4.05. The molecule has 0 aromatic heterocycles. The number of anilines is 1. The van der Waals surface area contributed by atoms with Gasteiger partial charge in [-0.1, -0.05) is 34.9 Å². The summed E-state index contributed by atoms with van der Waals surface area (Å²) >= 11 is 5.84. The van der Waals surface area contributed by atoms with Crippen LogP contribution in [0.5, 0.6) is 0 Å². The van der Waals surface area contributed by atoms with Crippen molar-refractivity contribution in [2.24, 2.45) is 10.4 Å². The van der Waals surface area contributed by atoms with Gasteiger partial charge < -0.3 is 0 Å². The number of hydrogen-bond donors (Lipinski definition) is 1. The van der Waals surface area contributed by atoms with Crippen LogP contribution in [0.25, 0.3) is 0 Å². The first-order valence-electron chi connectivity index (χ1n) is 7.61. The van der Waals surface area contributed by atoms with Gasteiger partial charge in [-0.05, 0) is 43.2 Å². The fourth-order valence-electron chi connectivity index (χ4n) is 2.98. The van der Waals surface area contributed by atoms with Crippen molar-refractivity contribution in [2.45, 2.75) is 24.3 Å². The largest absolute Gasteiger partial charge is 0.296 e. The average molecular weight is 395 g/mol. The third kappa shape index (κ3) is 3.16. The molecule has 1 aliphatic heterocycles. The lowest BCUT2D eigenvalue weighted by atomic mass is 10.1. The van der Waals surface area contributed by atoms with Crippen LogP contribution in [0.1, 0.15) is 22.8 Å². The third-order valence-corrected chi connectivity index (χ3v) is 5.51. The molecular weight excluding hydrogens is 380 g/mol. The Bertz CT molecular complexity index is 995. The molecule has 0 aliphatic carbocycles. The third-order valence-electron chi connectivity index (χ3n) is 4.12.